The van der Waals surface area contributed by atoms with Crippen molar-refractivity contribution in [2.45, 2.75) is 39.0 Å². The van der Waals surface area contributed by atoms with Crippen LogP contribution in [-0.2, 0) is 6.42 Å². The van der Waals surface area contributed by atoms with Crippen molar-refractivity contribution in [3.8, 4) is 11.5 Å². The summed E-state index contributed by atoms with van der Waals surface area (Å²) in [5.74, 6) is 1.74. The van der Waals surface area contributed by atoms with Crippen LogP contribution in [0.4, 0.5) is 0 Å². The van der Waals surface area contributed by atoms with Crippen LogP contribution >= 0.6 is 0 Å². The van der Waals surface area contributed by atoms with Crippen molar-refractivity contribution < 1.29 is 9.84 Å². The minimum atomic E-state index is 0.267. The first kappa shape index (κ1) is 18.1. The number of nitrogens with zero attached hydrogens (tertiary/aromatic N) is 1. The van der Waals surface area contributed by atoms with E-state index in [0.29, 0.717) is 12.3 Å². The molecule has 5 nitrogen and oxygen atoms in total. The minimum Gasteiger partial charge on any atom is -0.508 e. The normalized spacial score (nSPS) is 11.3. The zero-order valence-electron chi connectivity index (χ0n) is 14.0. The van der Waals surface area contributed by atoms with Gasteiger partial charge in [0.2, 0.25) is 0 Å². The maximum atomic E-state index is 9.92. The van der Waals surface area contributed by atoms with Crippen molar-refractivity contribution in [2.24, 2.45) is 4.99 Å². The summed E-state index contributed by atoms with van der Waals surface area (Å²) >= 11 is 0. The van der Waals surface area contributed by atoms with Gasteiger partial charge in [-0.15, -0.1) is 0 Å². The van der Waals surface area contributed by atoms with E-state index < -0.39 is 0 Å². The van der Waals surface area contributed by atoms with E-state index >= 15 is 0 Å². The van der Waals surface area contributed by atoms with Gasteiger partial charge < -0.3 is 20.5 Å². The predicted octanol–water partition coefficient (Wildman–Crippen LogP) is 2.69. The average molecular weight is 307 g/mol. The zero-order valence-corrected chi connectivity index (χ0v) is 14.0. The maximum absolute atomic E-state index is 9.92. The molecule has 5 heteroatoms. The Morgan fingerprint density at radius 2 is 1.95 bits per heavy atom. The molecule has 0 aliphatic carbocycles. The van der Waals surface area contributed by atoms with Crippen LogP contribution in [0.25, 0.3) is 0 Å². The number of phenols is 1. The van der Waals surface area contributed by atoms with Crippen molar-refractivity contribution in [3.63, 3.8) is 0 Å². The van der Waals surface area contributed by atoms with Gasteiger partial charge in [0.1, 0.15) is 11.5 Å². The number of hydrogen-bond donors (Lipinski definition) is 3. The standard InChI is InChI=1S/C17H29N3O2/c1-4-5-6-7-11-19-17(18-2)20-12-10-14-8-9-15(22-3)13-16(14)21/h8-9,13,21H,4-7,10-12H2,1-3H3,(H2,18,19,20). The lowest BCUT2D eigenvalue weighted by molar-refractivity contribution is 0.406. The quantitative estimate of drug-likeness (QED) is 0.373. The molecule has 1 rings (SSSR count). The van der Waals surface area contributed by atoms with Crippen molar-refractivity contribution >= 4 is 5.96 Å². The zero-order chi connectivity index (χ0) is 16.2. The number of rotatable bonds is 9. The molecule has 1 aromatic rings. The van der Waals surface area contributed by atoms with E-state index in [4.69, 9.17) is 4.74 Å². The summed E-state index contributed by atoms with van der Waals surface area (Å²) in [4.78, 5) is 4.20. The molecule has 124 valence electrons. The molecule has 0 unspecified atom stereocenters. The molecule has 0 aliphatic rings. The Morgan fingerprint density at radius 3 is 2.59 bits per heavy atom. The second-order valence-electron chi connectivity index (χ2n) is 5.23. The summed E-state index contributed by atoms with van der Waals surface area (Å²) in [6.45, 7) is 3.87. The Labute approximate surface area is 133 Å². The third-order valence-electron chi connectivity index (χ3n) is 3.53. The van der Waals surface area contributed by atoms with Crippen LogP contribution in [0.5, 0.6) is 11.5 Å². The van der Waals surface area contributed by atoms with E-state index in [0.717, 1.165) is 30.9 Å². The second-order valence-corrected chi connectivity index (χ2v) is 5.23. The lowest BCUT2D eigenvalue weighted by Gasteiger charge is -2.12. The topological polar surface area (TPSA) is 65.9 Å². The number of aliphatic imine (C=N–C) groups is 1. The molecule has 0 radical (unpaired) electrons. The first-order valence-corrected chi connectivity index (χ1v) is 8.01. The van der Waals surface area contributed by atoms with Crippen molar-refractivity contribution in [3.05, 3.63) is 23.8 Å². The summed E-state index contributed by atoms with van der Waals surface area (Å²) in [6.07, 6.45) is 5.67. The Balaban J connectivity index is 2.29. The first-order chi connectivity index (χ1) is 10.7. The van der Waals surface area contributed by atoms with Crippen molar-refractivity contribution in [1.82, 2.24) is 10.6 Å². The highest BCUT2D eigenvalue weighted by Crippen LogP contribution is 2.23. The molecule has 22 heavy (non-hydrogen) atoms. The van der Waals surface area contributed by atoms with E-state index in [1.807, 2.05) is 12.1 Å². The van der Waals surface area contributed by atoms with E-state index in [2.05, 4.69) is 22.5 Å². The molecule has 0 fully saturated rings. The van der Waals surface area contributed by atoms with Crippen LogP contribution in [0.15, 0.2) is 23.2 Å². The van der Waals surface area contributed by atoms with Crippen LogP contribution in [0.1, 0.15) is 38.2 Å². The number of ether oxygens (including phenoxy) is 1. The lowest BCUT2D eigenvalue weighted by Crippen LogP contribution is -2.38. The number of phenolic OH excluding ortho intramolecular Hbond substituents is 1. The van der Waals surface area contributed by atoms with Gasteiger partial charge >= 0.3 is 0 Å². The summed E-state index contributed by atoms with van der Waals surface area (Å²) < 4.78 is 5.08. The number of guanidine groups is 1. The number of aromatic hydroxyl groups is 1. The van der Waals surface area contributed by atoms with Gasteiger partial charge in [-0.1, -0.05) is 32.3 Å². The number of benzene rings is 1. The Bertz CT molecular complexity index is 461. The molecule has 3 N–H and O–H groups in total. The number of unbranched alkanes of at least 4 members (excludes halogenated alkanes) is 3. The molecule has 0 aromatic heterocycles. The van der Waals surface area contributed by atoms with E-state index in [9.17, 15) is 5.11 Å². The number of methoxy groups -OCH3 is 1. The van der Waals surface area contributed by atoms with Crippen LogP contribution in [0.3, 0.4) is 0 Å². The number of nitrogens with one attached hydrogen (secondary N) is 2. The SMILES string of the molecule is CCCCCCNC(=NC)NCCc1ccc(OC)cc1O. The summed E-state index contributed by atoms with van der Waals surface area (Å²) in [5, 5.41) is 16.5. The molecule has 0 saturated heterocycles. The fourth-order valence-corrected chi connectivity index (χ4v) is 2.18. The molecule has 1 aromatic carbocycles. The molecule has 0 amide bonds. The molecule has 0 aliphatic heterocycles. The second kappa shape index (κ2) is 10.8. The molecule has 0 bridgehead atoms. The molecular formula is C17H29N3O2. The van der Waals surface area contributed by atoms with Crippen LogP contribution in [-0.4, -0.2) is 38.3 Å². The van der Waals surface area contributed by atoms with E-state index in [-0.39, 0.29) is 5.75 Å². The molecule has 0 atom stereocenters. The van der Waals surface area contributed by atoms with Crippen LogP contribution in [0, 0.1) is 0 Å². The highest BCUT2D eigenvalue weighted by molar-refractivity contribution is 5.79. The van der Waals surface area contributed by atoms with E-state index in [1.54, 1.807) is 20.2 Å². The minimum absolute atomic E-state index is 0.267. The fraction of sp³-hybridized carbons (Fsp3) is 0.588. The third kappa shape index (κ3) is 6.70. The van der Waals surface area contributed by atoms with Gasteiger partial charge in [0.05, 0.1) is 7.11 Å². The van der Waals surface area contributed by atoms with E-state index in [1.165, 1.54) is 19.3 Å². The smallest absolute Gasteiger partial charge is 0.190 e. The first-order valence-electron chi connectivity index (χ1n) is 8.01. The van der Waals surface area contributed by atoms with Gasteiger partial charge in [-0.05, 0) is 24.5 Å². The molecule has 0 heterocycles. The maximum Gasteiger partial charge on any atom is 0.190 e. The van der Waals surface area contributed by atoms with Gasteiger partial charge in [0, 0.05) is 26.2 Å². The predicted molar refractivity (Wildman–Crippen MR) is 91.9 cm³/mol. The monoisotopic (exact) mass is 307 g/mol. The molecular weight excluding hydrogens is 278 g/mol. The summed E-state index contributed by atoms with van der Waals surface area (Å²) in [7, 11) is 3.36. The average Bonchev–Trinajstić information content (AvgIpc) is 2.54. The van der Waals surface area contributed by atoms with Gasteiger partial charge in [-0.2, -0.15) is 0 Å². The Kier molecular flexibility index (Phi) is 8.88. The molecule has 0 saturated carbocycles. The largest absolute Gasteiger partial charge is 0.508 e. The third-order valence-corrected chi connectivity index (χ3v) is 3.53. The van der Waals surface area contributed by atoms with Crippen molar-refractivity contribution in [1.29, 1.82) is 0 Å². The molecule has 0 spiro atoms. The lowest BCUT2D eigenvalue weighted by atomic mass is 10.1. The van der Waals surface area contributed by atoms with Crippen molar-refractivity contribution in [2.75, 3.05) is 27.2 Å². The Morgan fingerprint density at radius 1 is 1.18 bits per heavy atom. The number of hydrogen-bond acceptors (Lipinski definition) is 3. The van der Waals surface area contributed by atoms with Gasteiger partial charge in [-0.3, -0.25) is 4.99 Å². The van der Waals surface area contributed by atoms with Crippen LogP contribution in [0.2, 0.25) is 0 Å². The Hall–Kier alpha value is -1.91. The summed E-state index contributed by atoms with van der Waals surface area (Å²) in [5.41, 5.74) is 0.895. The van der Waals surface area contributed by atoms with Gasteiger partial charge in [-0.25, -0.2) is 0 Å². The summed E-state index contributed by atoms with van der Waals surface area (Å²) in [6, 6.07) is 5.38. The van der Waals surface area contributed by atoms with Crippen LogP contribution < -0.4 is 15.4 Å². The van der Waals surface area contributed by atoms with Gasteiger partial charge in [0.25, 0.3) is 0 Å². The highest BCUT2D eigenvalue weighted by Gasteiger charge is 2.04. The fourth-order valence-electron chi connectivity index (χ4n) is 2.18. The highest BCUT2D eigenvalue weighted by atomic mass is 16.5. The van der Waals surface area contributed by atoms with Gasteiger partial charge in [0.15, 0.2) is 5.96 Å².